The van der Waals surface area contributed by atoms with Gasteiger partial charge in [0.05, 0.1) is 4.75 Å². The summed E-state index contributed by atoms with van der Waals surface area (Å²) < 4.78 is -0.910. The fraction of sp³-hybridized carbons (Fsp3) is 0.455. The van der Waals surface area contributed by atoms with E-state index in [4.69, 9.17) is 10.2 Å². The second-order valence-corrected chi connectivity index (χ2v) is 5.01. The number of carbonyl (C=O) groups is 2. The van der Waals surface area contributed by atoms with Crippen LogP contribution in [-0.4, -0.2) is 32.7 Å². The lowest BCUT2D eigenvalue weighted by Gasteiger charge is -2.21. The third kappa shape index (κ3) is 5.83. The average molecular weight is 276 g/mol. The molecule has 17 heavy (non-hydrogen) atoms. The minimum atomic E-state index is -1.05. The zero-order chi connectivity index (χ0) is 13.6. The molecule has 0 radical (unpaired) electrons. The Kier molecular flexibility index (Phi) is 6.41. The van der Waals surface area contributed by atoms with Gasteiger partial charge < -0.3 is 10.2 Å². The van der Waals surface area contributed by atoms with Crippen LogP contribution in [0.2, 0.25) is 0 Å². The van der Waals surface area contributed by atoms with Crippen LogP contribution in [0.25, 0.3) is 0 Å². The molecule has 0 spiro atoms. The Morgan fingerprint density at radius 3 is 1.71 bits per heavy atom. The number of aliphatic carboxylic acids is 2. The van der Waals surface area contributed by atoms with Gasteiger partial charge in [-0.25, -0.2) is 9.59 Å². The Bertz CT molecular complexity index is 342. The van der Waals surface area contributed by atoms with Crippen LogP contribution in [0.5, 0.6) is 0 Å². The van der Waals surface area contributed by atoms with E-state index in [0.29, 0.717) is 12.2 Å². The number of carboxylic acid groups (broad SMARTS) is 2. The fourth-order valence-corrected chi connectivity index (χ4v) is 2.28. The first-order valence-electron chi connectivity index (χ1n) is 4.90. The molecule has 0 aromatic carbocycles. The van der Waals surface area contributed by atoms with Crippen molar-refractivity contribution in [3.05, 3.63) is 23.3 Å². The first-order valence-corrected chi connectivity index (χ1v) is 5.98. The molecule has 0 rings (SSSR count). The highest BCUT2D eigenvalue weighted by Crippen LogP contribution is 2.27. The van der Waals surface area contributed by atoms with Crippen LogP contribution in [0.1, 0.15) is 20.3 Å². The van der Waals surface area contributed by atoms with Crippen molar-refractivity contribution < 1.29 is 19.8 Å². The highest BCUT2D eigenvalue weighted by atomic mass is 32.1. The predicted octanol–water partition coefficient (Wildman–Crippen LogP) is 2.04. The fourth-order valence-electron chi connectivity index (χ4n) is 1.24. The van der Waals surface area contributed by atoms with Crippen LogP contribution in [0, 0.1) is 0 Å². The summed E-state index contributed by atoms with van der Waals surface area (Å²) >= 11 is 8.40. The number of thiol groups is 2. The summed E-state index contributed by atoms with van der Waals surface area (Å²) in [5.74, 6) is -1.64. The van der Waals surface area contributed by atoms with Gasteiger partial charge in [-0.05, 0) is 26.0 Å². The molecule has 0 aromatic heterocycles. The smallest absolute Gasteiger partial charge is 0.331 e. The zero-order valence-electron chi connectivity index (χ0n) is 9.67. The van der Waals surface area contributed by atoms with Crippen molar-refractivity contribution in [2.45, 2.75) is 25.0 Å². The maximum atomic E-state index is 10.7. The van der Waals surface area contributed by atoms with Gasteiger partial charge >= 0.3 is 11.9 Å². The molecule has 0 aliphatic rings. The van der Waals surface area contributed by atoms with Crippen molar-refractivity contribution in [1.29, 1.82) is 0 Å². The second-order valence-electron chi connectivity index (χ2n) is 3.73. The van der Waals surface area contributed by atoms with E-state index in [0.717, 1.165) is 0 Å². The molecule has 0 aromatic rings. The Labute approximate surface area is 111 Å². The minimum absolute atomic E-state index is 0.122. The predicted molar refractivity (Wildman–Crippen MR) is 73.0 cm³/mol. The molecule has 0 saturated carbocycles. The molecule has 0 aliphatic heterocycles. The molecule has 0 bridgehead atoms. The first kappa shape index (κ1) is 16.1. The normalized spacial score (nSPS) is 16.5. The van der Waals surface area contributed by atoms with E-state index < -0.39 is 16.7 Å². The van der Waals surface area contributed by atoms with Gasteiger partial charge in [-0.3, -0.25) is 0 Å². The number of carboxylic acids is 2. The van der Waals surface area contributed by atoms with Crippen molar-refractivity contribution >= 4 is 37.2 Å². The van der Waals surface area contributed by atoms with Gasteiger partial charge in [0.1, 0.15) is 0 Å². The molecular weight excluding hydrogens is 260 g/mol. The highest BCUT2D eigenvalue weighted by Gasteiger charge is 2.22. The average Bonchev–Trinajstić information content (AvgIpc) is 2.16. The Morgan fingerprint density at radius 1 is 1.12 bits per heavy atom. The molecule has 0 aliphatic carbocycles. The van der Waals surface area contributed by atoms with Crippen molar-refractivity contribution in [3.8, 4) is 0 Å². The van der Waals surface area contributed by atoms with E-state index in [9.17, 15) is 9.59 Å². The summed E-state index contributed by atoms with van der Waals surface area (Å²) in [6.45, 7) is 2.88. The van der Waals surface area contributed by atoms with Crippen LogP contribution >= 0.6 is 25.3 Å². The zero-order valence-corrected chi connectivity index (χ0v) is 11.5. The third-order valence-electron chi connectivity index (χ3n) is 2.12. The summed E-state index contributed by atoms with van der Waals surface area (Å²) in [7, 11) is 0. The van der Waals surface area contributed by atoms with Gasteiger partial charge in [-0.2, -0.15) is 25.3 Å². The lowest BCUT2D eigenvalue weighted by Crippen LogP contribution is -2.20. The minimum Gasteiger partial charge on any atom is -0.478 e. The molecule has 0 unspecified atom stereocenters. The van der Waals surface area contributed by atoms with Crippen molar-refractivity contribution in [3.63, 3.8) is 0 Å². The molecule has 0 amide bonds. The Hall–Kier alpha value is -0.880. The maximum Gasteiger partial charge on any atom is 0.331 e. The topological polar surface area (TPSA) is 74.6 Å². The first-order chi connectivity index (χ1) is 7.72. The van der Waals surface area contributed by atoms with Gasteiger partial charge in [0.2, 0.25) is 0 Å². The van der Waals surface area contributed by atoms with Crippen LogP contribution in [0.3, 0.4) is 0 Å². The molecule has 0 atom stereocenters. The number of hydrogen-bond acceptors (Lipinski definition) is 4. The van der Waals surface area contributed by atoms with E-state index in [2.05, 4.69) is 25.3 Å². The number of rotatable bonds is 6. The quantitative estimate of drug-likeness (QED) is 0.442. The molecule has 2 N–H and O–H groups in total. The van der Waals surface area contributed by atoms with Crippen LogP contribution in [0.4, 0.5) is 0 Å². The molecule has 6 heteroatoms. The maximum absolute atomic E-state index is 10.7. The van der Waals surface area contributed by atoms with Gasteiger partial charge in [0.15, 0.2) is 0 Å². The summed E-state index contributed by atoms with van der Waals surface area (Å²) in [5.41, 5.74) is 0.243. The van der Waals surface area contributed by atoms with E-state index in [1.54, 1.807) is 0 Å². The van der Waals surface area contributed by atoms with Crippen LogP contribution < -0.4 is 0 Å². The van der Waals surface area contributed by atoms with Crippen molar-refractivity contribution in [2.75, 3.05) is 5.75 Å². The lowest BCUT2D eigenvalue weighted by molar-refractivity contribution is -0.133. The summed E-state index contributed by atoms with van der Waals surface area (Å²) in [5, 5.41) is 17.6. The van der Waals surface area contributed by atoms with Gasteiger partial charge in [0.25, 0.3) is 0 Å². The van der Waals surface area contributed by atoms with Gasteiger partial charge in [-0.1, -0.05) is 12.2 Å². The van der Waals surface area contributed by atoms with Gasteiger partial charge in [-0.15, -0.1) is 0 Å². The molecule has 4 nitrogen and oxygen atoms in total. The Balaban J connectivity index is 5.31. The van der Waals surface area contributed by atoms with E-state index >= 15 is 0 Å². The van der Waals surface area contributed by atoms with E-state index in [-0.39, 0.29) is 11.1 Å². The molecule has 96 valence electrons. The van der Waals surface area contributed by atoms with E-state index in [1.165, 1.54) is 26.0 Å². The number of hydrogen-bond donors (Lipinski definition) is 4. The monoisotopic (exact) mass is 276 g/mol. The summed E-state index contributed by atoms with van der Waals surface area (Å²) in [4.78, 5) is 21.5. The Morgan fingerprint density at radius 2 is 1.47 bits per heavy atom. The molecule has 0 saturated heterocycles. The van der Waals surface area contributed by atoms with E-state index in [1.807, 2.05) is 0 Å². The molecular formula is C11H16O4S2. The summed E-state index contributed by atoms with van der Waals surface area (Å²) in [6.07, 6.45) is 3.30. The van der Waals surface area contributed by atoms with Crippen molar-refractivity contribution in [1.82, 2.24) is 0 Å². The van der Waals surface area contributed by atoms with Crippen LogP contribution in [0.15, 0.2) is 23.3 Å². The second kappa shape index (κ2) is 6.76. The third-order valence-corrected chi connectivity index (χ3v) is 2.83. The van der Waals surface area contributed by atoms with Crippen molar-refractivity contribution in [2.24, 2.45) is 0 Å². The molecule has 0 heterocycles. The van der Waals surface area contributed by atoms with Crippen LogP contribution in [-0.2, 0) is 9.59 Å². The molecule has 0 fully saturated rings. The standard InChI is InChI=1S/C11H16O4S2/c1-7(9(12)13)5-11(17,3-4-16)6-8(2)10(14)15/h5-6,16-17H,3-4H2,1-2H3,(H,12,13)(H,14,15). The highest BCUT2D eigenvalue weighted by molar-refractivity contribution is 7.82. The summed E-state index contributed by atoms with van der Waals surface area (Å²) in [6, 6.07) is 0. The van der Waals surface area contributed by atoms with Gasteiger partial charge in [0, 0.05) is 11.1 Å². The largest absolute Gasteiger partial charge is 0.478 e. The lowest BCUT2D eigenvalue weighted by atomic mass is 9.99. The SMILES string of the molecule is CC(=CC(S)(C=C(C)C(=O)O)CCS)C(=O)O.